The minimum absolute atomic E-state index is 0.409. The summed E-state index contributed by atoms with van der Waals surface area (Å²) in [5, 5.41) is 7.44. The monoisotopic (exact) mass is 195 g/mol. The van der Waals surface area contributed by atoms with Crippen LogP contribution in [0.15, 0.2) is 38.1 Å². The molecule has 0 unspecified atom stereocenters. The molecule has 5 heteroatoms. The lowest BCUT2D eigenvalue weighted by atomic mass is 10.5. The summed E-state index contributed by atoms with van der Waals surface area (Å²) >= 11 is 0. The first kappa shape index (κ1) is 12.0. The smallest absolute Gasteiger partial charge is 0.246 e. The van der Waals surface area contributed by atoms with Gasteiger partial charge >= 0.3 is 0 Å². The Morgan fingerprint density at radius 2 is 1.43 bits per heavy atom. The number of hydrogen-bond donors (Lipinski definition) is 3. The summed E-state index contributed by atoms with van der Waals surface area (Å²) in [5.74, 6) is -0.817. The Labute approximate surface area is 82.6 Å². The van der Waals surface area contributed by atoms with Crippen molar-refractivity contribution in [1.82, 2.24) is 16.0 Å². The highest BCUT2D eigenvalue weighted by Gasteiger charge is 2.08. The summed E-state index contributed by atoms with van der Waals surface area (Å²) in [6.45, 7) is 9.95. The van der Waals surface area contributed by atoms with Crippen LogP contribution in [0.4, 0.5) is 0 Å². The molecule has 0 aromatic rings. The van der Waals surface area contributed by atoms with E-state index >= 15 is 0 Å². The molecular formula is C9H13N3O2. The Bertz CT molecular complexity index is 239. The second-order valence-electron chi connectivity index (χ2n) is 2.23. The largest absolute Gasteiger partial charge is 0.355 e. The van der Waals surface area contributed by atoms with E-state index in [2.05, 4.69) is 35.7 Å². The number of nitrogens with one attached hydrogen (secondary N) is 3. The number of amides is 2. The van der Waals surface area contributed by atoms with Crippen LogP contribution in [-0.2, 0) is 9.59 Å². The van der Waals surface area contributed by atoms with Gasteiger partial charge in [-0.05, 0) is 18.4 Å². The molecule has 0 fully saturated rings. The normalized spacial score (nSPS) is 8.64. The molecule has 0 rings (SSSR count). The molecule has 0 bridgehead atoms. The lowest BCUT2D eigenvalue weighted by Gasteiger charge is -2.18. The molecule has 0 aliphatic rings. The Morgan fingerprint density at radius 1 is 1.00 bits per heavy atom. The van der Waals surface area contributed by atoms with E-state index < -0.39 is 18.1 Å². The topological polar surface area (TPSA) is 70.2 Å². The van der Waals surface area contributed by atoms with Crippen LogP contribution in [0, 0.1) is 0 Å². The molecule has 0 aromatic heterocycles. The van der Waals surface area contributed by atoms with Gasteiger partial charge in [0.2, 0.25) is 11.8 Å². The van der Waals surface area contributed by atoms with Gasteiger partial charge in [0.05, 0.1) is 0 Å². The average Bonchev–Trinajstić information content (AvgIpc) is 2.17. The maximum absolute atomic E-state index is 10.9. The molecule has 0 saturated heterocycles. The van der Waals surface area contributed by atoms with E-state index in [0.717, 1.165) is 12.2 Å². The predicted molar refractivity (Wildman–Crippen MR) is 53.8 cm³/mol. The number of hydrogen-bond acceptors (Lipinski definition) is 3. The van der Waals surface area contributed by atoms with Gasteiger partial charge in [0.25, 0.3) is 0 Å². The van der Waals surface area contributed by atoms with Crippen LogP contribution < -0.4 is 16.0 Å². The highest BCUT2D eigenvalue weighted by Crippen LogP contribution is 1.76. The van der Waals surface area contributed by atoms with Crippen LogP contribution in [0.1, 0.15) is 0 Å². The molecule has 0 aliphatic carbocycles. The van der Waals surface area contributed by atoms with Crippen molar-refractivity contribution in [1.29, 1.82) is 0 Å². The predicted octanol–water partition coefficient (Wildman–Crippen LogP) is -0.393. The van der Waals surface area contributed by atoms with Crippen molar-refractivity contribution in [3.8, 4) is 0 Å². The third kappa shape index (κ3) is 4.76. The lowest BCUT2D eigenvalue weighted by Crippen LogP contribution is -2.54. The highest BCUT2D eigenvalue weighted by molar-refractivity contribution is 5.89. The van der Waals surface area contributed by atoms with Crippen molar-refractivity contribution in [3.63, 3.8) is 0 Å². The first-order chi connectivity index (χ1) is 6.63. The number of carbonyl (C=O) groups is 2. The summed E-state index contributed by atoms with van der Waals surface area (Å²) in [6.07, 6.45) is 2.82. The Balaban J connectivity index is 4.20. The van der Waals surface area contributed by atoms with Gasteiger partial charge in [0.15, 0.2) is 6.29 Å². The molecule has 0 radical (unpaired) electrons. The molecule has 76 valence electrons. The van der Waals surface area contributed by atoms with Crippen LogP contribution in [0.5, 0.6) is 0 Å². The third-order valence-corrected chi connectivity index (χ3v) is 1.23. The Morgan fingerprint density at radius 3 is 1.71 bits per heavy atom. The fraction of sp³-hybridized carbons (Fsp3) is 0.111. The van der Waals surface area contributed by atoms with E-state index in [0.29, 0.717) is 0 Å². The molecule has 0 saturated carbocycles. The zero-order chi connectivity index (χ0) is 11.0. The SMILES string of the molecule is C=CNC(NC(=O)C=C)NC(=O)C=C. The summed E-state index contributed by atoms with van der Waals surface area (Å²) in [5.41, 5.74) is 0. The van der Waals surface area contributed by atoms with E-state index in [1.54, 1.807) is 0 Å². The minimum Gasteiger partial charge on any atom is -0.355 e. The lowest BCUT2D eigenvalue weighted by molar-refractivity contribution is -0.119. The van der Waals surface area contributed by atoms with Gasteiger partial charge in [-0.2, -0.15) is 0 Å². The van der Waals surface area contributed by atoms with Crippen LogP contribution in [-0.4, -0.2) is 18.1 Å². The molecule has 0 atom stereocenters. The van der Waals surface area contributed by atoms with E-state index in [-0.39, 0.29) is 0 Å². The van der Waals surface area contributed by atoms with E-state index in [4.69, 9.17) is 0 Å². The first-order valence-corrected chi connectivity index (χ1v) is 3.87. The summed E-state index contributed by atoms with van der Waals surface area (Å²) in [7, 11) is 0. The quantitative estimate of drug-likeness (QED) is 0.399. The maximum Gasteiger partial charge on any atom is 0.246 e. The Kier molecular flexibility index (Phi) is 5.53. The van der Waals surface area contributed by atoms with Crippen LogP contribution in [0.3, 0.4) is 0 Å². The van der Waals surface area contributed by atoms with Crippen molar-refractivity contribution in [2.75, 3.05) is 0 Å². The second-order valence-corrected chi connectivity index (χ2v) is 2.23. The van der Waals surface area contributed by atoms with Gasteiger partial charge in [-0.1, -0.05) is 19.7 Å². The van der Waals surface area contributed by atoms with Crippen LogP contribution in [0.2, 0.25) is 0 Å². The van der Waals surface area contributed by atoms with E-state index in [9.17, 15) is 9.59 Å². The number of carbonyl (C=O) groups excluding carboxylic acids is 2. The minimum atomic E-state index is -0.719. The molecule has 0 aliphatic heterocycles. The molecule has 0 heterocycles. The molecule has 3 N–H and O–H groups in total. The summed E-state index contributed by atoms with van der Waals surface area (Å²) < 4.78 is 0. The zero-order valence-corrected chi connectivity index (χ0v) is 7.75. The first-order valence-electron chi connectivity index (χ1n) is 3.87. The van der Waals surface area contributed by atoms with Gasteiger partial charge in [-0.15, -0.1) is 0 Å². The van der Waals surface area contributed by atoms with Crippen molar-refractivity contribution >= 4 is 11.8 Å². The average molecular weight is 195 g/mol. The van der Waals surface area contributed by atoms with Gasteiger partial charge in [0.1, 0.15) is 0 Å². The van der Waals surface area contributed by atoms with Gasteiger partial charge in [-0.25, -0.2) is 0 Å². The van der Waals surface area contributed by atoms with E-state index in [1.807, 2.05) is 0 Å². The van der Waals surface area contributed by atoms with Gasteiger partial charge in [-0.3, -0.25) is 9.59 Å². The zero-order valence-electron chi connectivity index (χ0n) is 7.75. The van der Waals surface area contributed by atoms with Crippen molar-refractivity contribution in [2.24, 2.45) is 0 Å². The second kappa shape index (κ2) is 6.47. The van der Waals surface area contributed by atoms with Crippen LogP contribution >= 0.6 is 0 Å². The van der Waals surface area contributed by atoms with Gasteiger partial charge in [0, 0.05) is 0 Å². The van der Waals surface area contributed by atoms with E-state index in [1.165, 1.54) is 6.20 Å². The Hall–Kier alpha value is -2.04. The van der Waals surface area contributed by atoms with Crippen molar-refractivity contribution in [2.45, 2.75) is 6.29 Å². The molecular weight excluding hydrogens is 182 g/mol. The molecule has 0 spiro atoms. The standard InChI is InChI=1S/C9H13N3O2/c1-4-7(13)11-9(10-6-3)12-8(14)5-2/h4-6,9-10H,1-3H2,(H,11,13)(H,12,14). The highest BCUT2D eigenvalue weighted by atomic mass is 16.2. The van der Waals surface area contributed by atoms with Crippen molar-refractivity contribution in [3.05, 3.63) is 38.1 Å². The maximum atomic E-state index is 10.9. The molecule has 0 aromatic carbocycles. The summed E-state index contributed by atoms with van der Waals surface area (Å²) in [6, 6.07) is 0. The van der Waals surface area contributed by atoms with Crippen LogP contribution in [0.25, 0.3) is 0 Å². The molecule has 2 amide bonds. The fourth-order valence-electron chi connectivity index (χ4n) is 0.640. The molecule has 5 nitrogen and oxygen atoms in total. The third-order valence-electron chi connectivity index (χ3n) is 1.23. The summed E-state index contributed by atoms with van der Waals surface area (Å²) in [4.78, 5) is 21.8. The number of rotatable bonds is 6. The van der Waals surface area contributed by atoms with Gasteiger partial charge < -0.3 is 16.0 Å². The molecule has 14 heavy (non-hydrogen) atoms. The van der Waals surface area contributed by atoms with Crippen molar-refractivity contribution < 1.29 is 9.59 Å². The fourth-order valence-corrected chi connectivity index (χ4v) is 0.640.